The van der Waals surface area contributed by atoms with E-state index >= 15 is 0 Å². The first kappa shape index (κ1) is 21.7. The Kier molecular flexibility index (Phi) is 5.00. The molecule has 0 aliphatic heterocycles. The third-order valence-corrected chi connectivity index (χ3v) is 8.73. The summed E-state index contributed by atoms with van der Waals surface area (Å²) in [5, 5.41) is 5.82. The molecule has 0 aliphatic carbocycles. The fourth-order valence-electron chi connectivity index (χ4n) is 6.67. The van der Waals surface area contributed by atoms with Gasteiger partial charge in [-0.1, -0.05) is 139 Å². The fraction of sp³-hybridized carbons (Fsp3) is 0. The van der Waals surface area contributed by atoms with Crippen molar-refractivity contribution in [1.29, 1.82) is 0 Å². The highest BCUT2D eigenvalue weighted by Gasteiger charge is 2.18. The molecule has 0 saturated carbocycles. The first-order valence-electron chi connectivity index (χ1n) is 17.1. The van der Waals surface area contributed by atoms with E-state index < -0.39 is 0 Å². The van der Waals surface area contributed by atoms with Crippen molar-refractivity contribution in [1.82, 2.24) is 0 Å². The number of furan rings is 1. The summed E-state index contributed by atoms with van der Waals surface area (Å²) >= 11 is 0. The predicted molar refractivity (Wildman–Crippen MR) is 190 cm³/mol. The predicted octanol–water partition coefficient (Wildman–Crippen LogP) is 12.6. The lowest BCUT2D eigenvalue weighted by molar-refractivity contribution is 0.669. The van der Waals surface area contributed by atoms with Crippen LogP contribution in [0.5, 0.6) is 0 Å². The summed E-state index contributed by atoms with van der Waals surface area (Å²) in [6.45, 7) is 0. The van der Waals surface area contributed by atoms with Crippen molar-refractivity contribution < 1.29 is 9.90 Å². The molecular weight excluding hydrogens is 544 g/mol. The van der Waals surface area contributed by atoms with Crippen LogP contribution in [0.25, 0.3) is 88.0 Å². The lowest BCUT2D eigenvalue weighted by Gasteiger charge is -2.18. The van der Waals surface area contributed by atoms with E-state index in [0.717, 1.165) is 71.3 Å². The van der Waals surface area contributed by atoms with Gasteiger partial charge in [0.1, 0.15) is 11.2 Å². The van der Waals surface area contributed by atoms with Crippen LogP contribution in [0.4, 0.5) is 0 Å². The average Bonchev–Trinajstić information content (AvgIpc) is 3.52. The molecule has 45 heavy (non-hydrogen) atoms. The third kappa shape index (κ3) is 4.24. The highest BCUT2D eigenvalue weighted by atomic mass is 16.3. The third-order valence-electron chi connectivity index (χ3n) is 8.73. The summed E-state index contributed by atoms with van der Waals surface area (Å²) in [6.07, 6.45) is 0. The van der Waals surface area contributed by atoms with Gasteiger partial charge in [0.2, 0.25) is 0 Å². The highest BCUT2D eigenvalue weighted by Crippen LogP contribution is 2.45. The molecular formula is C44H28O. The molecule has 0 atom stereocenters. The summed E-state index contributed by atoms with van der Waals surface area (Å²) in [7, 11) is 0. The van der Waals surface area contributed by atoms with E-state index in [-0.39, 0.29) is 24.2 Å². The monoisotopic (exact) mass is 576 g/mol. The van der Waals surface area contributed by atoms with Gasteiger partial charge in [-0.25, -0.2) is 0 Å². The van der Waals surface area contributed by atoms with Crippen molar-refractivity contribution in [3.05, 3.63) is 170 Å². The van der Waals surface area contributed by atoms with Gasteiger partial charge in [-0.15, -0.1) is 0 Å². The smallest absolute Gasteiger partial charge is 0.135 e. The zero-order valence-corrected chi connectivity index (χ0v) is 24.3. The van der Waals surface area contributed by atoms with Crippen LogP contribution in [0.2, 0.25) is 0 Å². The van der Waals surface area contributed by atoms with Crippen LogP contribution in [0, 0.1) is 0 Å². The second-order valence-electron chi connectivity index (χ2n) is 11.3. The zero-order chi connectivity index (χ0) is 33.2. The molecule has 8 aromatic carbocycles. The van der Waals surface area contributed by atoms with E-state index in [2.05, 4.69) is 48.5 Å². The highest BCUT2D eigenvalue weighted by molar-refractivity contribution is 6.22. The first-order valence-corrected chi connectivity index (χ1v) is 15.1. The van der Waals surface area contributed by atoms with Gasteiger partial charge in [0.15, 0.2) is 0 Å². The Bertz CT molecular complexity index is 2690. The maximum Gasteiger partial charge on any atom is 0.135 e. The molecule has 0 radical (unpaired) electrons. The van der Waals surface area contributed by atoms with Crippen molar-refractivity contribution >= 4 is 43.5 Å². The molecule has 1 heterocycles. The molecule has 9 aromatic rings. The second kappa shape index (κ2) is 10.4. The van der Waals surface area contributed by atoms with Gasteiger partial charge in [-0.05, 0) is 96.4 Å². The van der Waals surface area contributed by atoms with Crippen LogP contribution >= 0.6 is 0 Å². The first-order chi connectivity index (χ1) is 24.0. The molecule has 0 amide bonds. The Morgan fingerprint density at radius 2 is 0.800 bits per heavy atom. The Morgan fingerprint density at radius 1 is 0.356 bits per heavy atom. The van der Waals surface area contributed by atoms with Crippen LogP contribution in [0.1, 0.15) is 5.48 Å². The van der Waals surface area contributed by atoms with E-state index in [1.807, 2.05) is 97.1 Å². The van der Waals surface area contributed by atoms with Gasteiger partial charge in [0.05, 0.1) is 5.48 Å². The van der Waals surface area contributed by atoms with Crippen molar-refractivity contribution in [2.75, 3.05) is 0 Å². The standard InChI is InChI=1S/C44H28O/c1-3-12-29(13-4-1)31-16-11-17-33(26-31)43-35-18-7-9-20-37(35)44(38-21-10-8-19-36(38)43)34-23-25-42-40(28-34)39-27-32(22-24-41(39)45-42)30-14-5-2-6-15-30/h1-28H/i11D,16D,17D,26D. The summed E-state index contributed by atoms with van der Waals surface area (Å²) in [5.74, 6) is 0. The molecule has 9 rings (SSSR count). The largest absolute Gasteiger partial charge is 0.456 e. The number of fused-ring (bicyclic) bond motifs is 5. The van der Waals surface area contributed by atoms with Gasteiger partial charge in [-0.3, -0.25) is 0 Å². The SMILES string of the molecule is [2H]c1c([2H])c(-c2ccccc2)c([2H])c(-c2c3ccccc3c(-c3ccc4oc5ccc(-c6ccccc6)cc5c4c3)c3ccccc23)c1[2H]. The molecule has 0 aliphatic rings. The summed E-state index contributed by atoms with van der Waals surface area (Å²) in [5.41, 5.74) is 8.16. The Hall–Kier alpha value is -5.92. The normalized spacial score (nSPS) is 12.8. The molecule has 0 spiro atoms. The zero-order valence-electron chi connectivity index (χ0n) is 28.3. The Balaban J connectivity index is 1.34. The lowest BCUT2D eigenvalue weighted by Crippen LogP contribution is -1.91. The van der Waals surface area contributed by atoms with Crippen LogP contribution in [0.15, 0.2) is 174 Å². The van der Waals surface area contributed by atoms with Gasteiger partial charge < -0.3 is 4.42 Å². The van der Waals surface area contributed by atoms with Crippen molar-refractivity contribution in [2.45, 2.75) is 0 Å². The maximum absolute atomic E-state index is 9.46. The van der Waals surface area contributed by atoms with E-state index in [4.69, 9.17) is 8.53 Å². The minimum atomic E-state index is -0.186. The molecule has 0 unspecified atom stereocenters. The Morgan fingerprint density at radius 3 is 1.38 bits per heavy atom. The van der Waals surface area contributed by atoms with Gasteiger partial charge >= 0.3 is 0 Å². The van der Waals surface area contributed by atoms with E-state index in [0.29, 0.717) is 16.7 Å². The second-order valence-corrected chi connectivity index (χ2v) is 11.3. The van der Waals surface area contributed by atoms with E-state index in [9.17, 15) is 1.37 Å². The fourth-order valence-corrected chi connectivity index (χ4v) is 6.67. The maximum atomic E-state index is 9.46. The molecule has 1 heteroatoms. The number of rotatable bonds is 4. The molecule has 1 aromatic heterocycles. The molecule has 210 valence electrons. The number of hydrogen-bond donors (Lipinski definition) is 0. The van der Waals surface area contributed by atoms with Crippen molar-refractivity contribution in [2.24, 2.45) is 0 Å². The van der Waals surface area contributed by atoms with Gasteiger partial charge in [-0.2, -0.15) is 0 Å². The van der Waals surface area contributed by atoms with Crippen molar-refractivity contribution in [3.8, 4) is 44.5 Å². The topological polar surface area (TPSA) is 13.1 Å². The van der Waals surface area contributed by atoms with E-state index in [1.165, 1.54) is 0 Å². The molecule has 0 fully saturated rings. The van der Waals surface area contributed by atoms with Gasteiger partial charge in [0.25, 0.3) is 0 Å². The summed E-state index contributed by atoms with van der Waals surface area (Å²) in [4.78, 5) is 0. The van der Waals surface area contributed by atoms with Crippen LogP contribution in [0.3, 0.4) is 0 Å². The lowest BCUT2D eigenvalue weighted by atomic mass is 9.85. The van der Waals surface area contributed by atoms with Crippen LogP contribution < -0.4 is 0 Å². The quantitative estimate of drug-likeness (QED) is 0.190. The Labute approximate surface area is 267 Å². The van der Waals surface area contributed by atoms with E-state index in [1.54, 1.807) is 0 Å². The molecule has 0 bridgehead atoms. The summed E-state index contributed by atoms with van der Waals surface area (Å²) < 4.78 is 42.5. The van der Waals surface area contributed by atoms with Gasteiger partial charge in [0, 0.05) is 10.8 Å². The van der Waals surface area contributed by atoms with Crippen LogP contribution in [-0.2, 0) is 0 Å². The number of hydrogen-bond acceptors (Lipinski definition) is 1. The van der Waals surface area contributed by atoms with Crippen molar-refractivity contribution in [3.63, 3.8) is 0 Å². The number of benzene rings is 8. The van der Waals surface area contributed by atoms with Crippen LogP contribution in [-0.4, -0.2) is 0 Å². The average molecular weight is 577 g/mol. The summed E-state index contributed by atoms with van der Waals surface area (Å²) in [6, 6.07) is 48.3. The minimum absolute atomic E-state index is 0.0840. The minimum Gasteiger partial charge on any atom is -0.456 e. The molecule has 0 saturated heterocycles. The molecule has 0 N–H and O–H groups in total. The molecule has 1 nitrogen and oxygen atoms in total.